The zero-order chi connectivity index (χ0) is 14.2. The van der Waals surface area contributed by atoms with E-state index in [1.54, 1.807) is 0 Å². The van der Waals surface area contributed by atoms with Gasteiger partial charge in [-0.3, -0.25) is 0 Å². The van der Waals surface area contributed by atoms with Crippen LogP contribution in [-0.4, -0.2) is 32.3 Å². The summed E-state index contributed by atoms with van der Waals surface area (Å²) in [5.41, 5.74) is 2.68. The SMILES string of the molecule is CCCOC1CCCN(c2ccc(CNCC)cc2)C1. The van der Waals surface area contributed by atoms with Gasteiger partial charge >= 0.3 is 0 Å². The Bertz CT molecular complexity index is 377. The molecule has 2 rings (SSSR count). The minimum absolute atomic E-state index is 0.408. The molecule has 112 valence electrons. The molecule has 1 aliphatic heterocycles. The van der Waals surface area contributed by atoms with Crippen molar-refractivity contribution in [2.75, 3.05) is 31.1 Å². The van der Waals surface area contributed by atoms with Crippen molar-refractivity contribution in [2.45, 2.75) is 45.8 Å². The Morgan fingerprint density at radius 1 is 1.25 bits per heavy atom. The minimum atomic E-state index is 0.408. The van der Waals surface area contributed by atoms with Crippen LogP contribution in [-0.2, 0) is 11.3 Å². The highest BCUT2D eigenvalue weighted by atomic mass is 16.5. The van der Waals surface area contributed by atoms with Crippen LogP contribution in [0.3, 0.4) is 0 Å². The number of piperidine rings is 1. The second kappa shape index (κ2) is 8.28. The third-order valence-corrected chi connectivity index (χ3v) is 3.82. The van der Waals surface area contributed by atoms with E-state index in [0.29, 0.717) is 6.10 Å². The predicted molar refractivity (Wildman–Crippen MR) is 85.3 cm³/mol. The number of benzene rings is 1. The van der Waals surface area contributed by atoms with Crippen molar-refractivity contribution in [3.8, 4) is 0 Å². The van der Waals surface area contributed by atoms with Gasteiger partial charge in [-0.15, -0.1) is 0 Å². The van der Waals surface area contributed by atoms with Crippen molar-refractivity contribution >= 4 is 5.69 Å². The maximum Gasteiger partial charge on any atom is 0.0750 e. The van der Waals surface area contributed by atoms with Crippen LogP contribution in [0, 0.1) is 0 Å². The zero-order valence-electron chi connectivity index (χ0n) is 12.9. The van der Waals surface area contributed by atoms with Crippen LogP contribution in [0.2, 0.25) is 0 Å². The van der Waals surface area contributed by atoms with Crippen LogP contribution in [0.25, 0.3) is 0 Å². The van der Waals surface area contributed by atoms with Gasteiger partial charge in [-0.05, 0) is 43.5 Å². The zero-order valence-corrected chi connectivity index (χ0v) is 12.9. The lowest BCUT2D eigenvalue weighted by atomic mass is 10.1. The molecule has 1 atom stereocenters. The Kier molecular flexibility index (Phi) is 6.34. The molecule has 0 spiro atoms. The number of nitrogens with one attached hydrogen (secondary N) is 1. The van der Waals surface area contributed by atoms with Gasteiger partial charge in [0.05, 0.1) is 6.10 Å². The van der Waals surface area contributed by atoms with Crippen molar-refractivity contribution in [3.05, 3.63) is 29.8 Å². The summed E-state index contributed by atoms with van der Waals surface area (Å²) < 4.78 is 5.91. The molecule has 1 fully saturated rings. The monoisotopic (exact) mass is 276 g/mol. The average Bonchev–Trinajstić information content (AvgIpc) is 2.52. The summed E-state index contributed by atoms with van der Waals surface area (Å²) in [5.74, 6) is 0. The quantitative estimate of drug-likeness (QED) is 0.828. The Morgan fingerprint density at radius 2 is 2.05 bits per heavy atom. The normalized spacial score (nSPS) is 19.3. The molecule has 1 N–H and O–H groups in total. The lowest BCUT2D eigenvalue weighted by Crippen LogP contribution is -2.39. The standard InChI is InChI=1S/C17H28N2O/c1-3-12-20-17-6-5-11-19(14-17)16-9-7-15(8-10-16)13-18-4-2/h7-10,17-18H,3-6,11-14H2,1-2H3. The lowest BCUT2D eigenvalue weighted by molar-refractivity contribution is 0.0440. The first kappa shape index (κ1) is 15.3. The summed E-state index contributed by atoms with van der Waals surface area (Å²) >= 11 is 0. The molecular weight excluding hydrogens is 248 g/mol. The fraction of sp³-hybridized carbons (Fsp3) is 0.647. The summed E-state index contributed by atoms with van der Waals surface area (Å²) in [6, 6.07) is 8.95. The van der Waals surface area contributed by atoms with E-state index < -0.39 is 0 Å². The number of nitrogens with zero attached hydrogens (tertiary/aromatic N) is 1. The van der Waals surface area contributed by atoms with Gasteiger partial charge in [-0.2, -0.15) is 0 Å². The van der Waals surface area contributed by atoms with Crippen molar-refractivity contribution in [1.29, 1.82) is 0 Å². The highest BCUT2D eigenvalue weighted by Crippen LogP contribution is 2.22. The summed E-state index contributed by atoms with van der Waals surface area (Å²) in [6.07, 6.45) is 3.95. The molecule has 0 aliphatic carbocycles. The molecule has 3 nitrogen and oxygen atoms in total. The van der Waals surface area contributed by atoms with Gasteiger partial charge < -0.3 is 15.0 Å². The smallest absolute Gasteiger partial charge is 0.0750 e. The maximum atomic E-state index is 5.91. The maximum absolute atomic E-state index is 5.91. The first-order chi connectivity index (χ1) is 9.83. The molecule has 1 aliphatic rings. The molecule has 1 saturated heterocycles. The molecule has 0 saturated carbocycles. The molecule has 0 amide bonds. The first-order valence-electron chi connectivity index (χ1n) is 7.99. The number of anilines is 1. The van der Waals surface area contributed by atoms with Crippen LogP contribution < -0.4 is 10.2 Å². The van der Waals surface area contributed by atoms with Crippen molar-refractivity contribution < 1.29 is 4.74 Å². The van der Waals surface area contributed by atoms with Gasteiger partial charge in [-0.1, -0.05) is 26.0 Å². The van der Waals surface area contributed by atoms with Crippen molar-refractivity contribution in [2.24, 2.45) is 0 Å². The van der Waals surface area contributed by atoms with E-state index in [1.165, 1.54) is 24.1 Å². The number of hydrogen-bond donors (Lipinski definition) is 1. The van der Waals surface area contributed by atoms with Gasteiger partial charge in [-0.25, -0.2) is 0 Å². The molecule has 1 unspecified atom stereocenters. The predicted octanol–water partition coefficient (Wildman–Crippen LogP) is 3.19. The Morgan fingerprint density at radius 3 is 2.75 bits per heavy atom. The topological polar surface area (TPSA) is 24.5 Å². The van der Waals surface area contributed by atoms with E-state index in [2.05, 4.69) is 48.3 Å². The summed E-state index contributed by atoms with van der Waals surface area (Å²) in [5, 5.41) is 3.36. The van der Waals surface area contributed by atoms with E-state index in [1.807, 2.05) is 0 Å². The summed E-state index contributed by atoms with van der Waals surface area (Å²) in [7, 11) is 0. The number of ether oxygens (including phenoxy) is 1. The first-order valence-corrected chi connectivity index (χ1v) is 7.99. The second-order valence-electron chi connectivity index (χ2n) is 5.53. The fourth-order valence-electron chi connectivity index (χ4n) is 2.69. The molecule has 1 heterocycles. The third kappa shape index (κ3) is 4.50. The second-order valence-corrected chi connectivity index (χ2v) is 5.53. The molecule has 20 heavy (non-hydrogen) atoms. The van der Waals surface area contributed by atoms with Gasteiger partial charge in [0.1, 0.15) is 0 Å². The van der Waals surface area contributed by atoms with Crippen LogP contribution in [0.5, 0.6) is 0 Å². The van der Waals surface area contributed by atoms with Crippen LogP contribution >= 0.6 is 0 Å². The van der Waals surface area contributed by atoms with E-state index >= 15 is 0 Å². The molecular formula is C17H28N2O. The average molecular weight is 276 g/mol. The van der Waals surface area contributed by atoms with E-state index in [4.69, 9.17) is 4.74 Å². The number of rotatable bonds is 7. The third-order valence-electron chi connectivity index (χ3n) is 3.82. The van der Waals surface area contributed by atoms with Gasteiger partial charge in [0, 0.05) is 31.9 Å². The van der Waals surface area contributed by atoms with Crippen LogP contribution in [0.4, 0.5) is 5.69 Å². The van der Waals surface area contributed by atoms with E-state index in [-0.39, 0.29) is 0 Å². The molecule has 0 radical (unpaired) electrons. The molecule has 1 aromatic carbocycles. The molecule has 0 bridgehead atoms. The molecule has 3 heteroatoms. The van der Waals surface area contributed by atoms with Gasteiger partial charge in [0.2, 0.25) is 0 Å². The Balaban J connectivity index is 1.89. The van der Waals surface area contributed by atoms with Crippen LogP contribution in [0.1, 0.15) is 38.7 Å². The van der Waals surface area contributed by atoms with Gasteiger partial charge in [0.15, 0.2) is 0 Å². The summed E-state index contributed by atoms with van der Waals surface area (Å²) in [6.45, 7) is 9.36. The highest BCUT2D eigenvalue weighted by Gasteiger charge is 2.20. The van der Waals surface area contributed by atoms with Crippen LogP contribution in [0.15, 0.2) is 24.3 Å². The Labute approximate surface area is 123 Å². The number of hydrogen-bond acceptors (Lipinski definition) is 3. The van der Waals surface area contributed by atoms with Gasteiger partial charge in [0.25, 0.3) is 0 Å². The minimum Gasteiger partial charge on any atom is -0.376 e. The molecule has 0 aromatic heterocycles. The Hall–Kier alpha value is -1.06. The lowest BCUT2D eigenvalue weighted by Gasteiger charge is -2.34. The fourth-order valence-corrected chi connectivity index (χ4v) is 2.69. The van der Waals surface area contributed by atoms with Crippen molar-refractivity contribution in [3.63, 3.8) is 0 Å². The largest absolute Gasteiger partial charge is 0.376 e. The van der Waals surface area contributed by atoms with Crippen molar-refractivity contribution in [1.82, 2.24) is 5.32 Å². The summed E-state index contributed by atoms with van der Waals surface area (Å²) in [4.78, 5) is 2.46. The molecule has 1 aromatic rings. The highest BCUT2D eigenvalue weighted by molar-refractivity contribution is 5.48. The van der Waals surface area contributed by atoms with E-state index in [0.717, 1.165) is 39.2 Å². The van der Waals surface area contributed by atoms with E-state index in [9.17, 15) is 0 Å².